The Balaban J connectivity index is 1.52. The van der Waals surface area contributed by atoms with Crippen molar-refractivity contribution in [2.45, 2.75) is 45.1 Å². The number of aromatic nitrogens is 1. The van der Waals surface area contributed by atoms with Gasteiger partial charge in [-0.25, -0.2) is 0 Å². The van der Waals surface area contributed by atoms with E-state index >= 15 is 0 Å². The van der Waals surface area contributed by atoms with Gasteiger partial charge in [-0.15, -0.1) is 0 Å². The van der Waals surface area contributed by atoms with Crippen molar-refractivity contribution in [3.63, 3.8) is 0 Å². The average molecular weight is 382 g/mol. The number of fused-ring (bicyclic) bond motifs is 5. The topological polar surface area (TPSA) is 48.6 Å². The standard InChI is InChI=1S/C23H31N3O2/c1-2-23(16-20(27)25-12-14-28-15-13-25)9-5-10-26-11-8-18-17-6-3-4-7-19(17)24-21(18)22(23)26/h3-4,6-7,22,24H,2,5,8-16H2,1H3/t22-,23+/m1/s1. The zero-order valence-corrected chi connectivity index (χ0v) is 16.9. The maximum Gasteiger partial charge on any atom is 0.223 e. The molecule has 5 heteroatoms. The molecule has 2 fully saturated rings. The molecule has 2 aromatic rings. The second-order valence-electron chi connectivity index (χ2n) is 8.74. The highest BCUT2D eigenvalue weighted by atomic mass is 16.5. The van der Waals surface area contributed by atoms with Crippen LogP contribution in [0, 0.1) is 5.41 Å². The summed E-state index contributed by atoms with van der Waals surface area (Å²) in [6.07, 6.45) is 5.12. The number of ether oxygens (including phenoxy) is 1. The Morgan fingerprint density at radius 1 is 1.21 bits per heavy atom. The molecule has 2 atom stereocenters. The van der Waals surface area contributed by atoms with Gasteiger partial charge in [-0.3, -0.25) is 9.69 Å². The molecule has 0 saturated carbocycles. The van der Waals surface area contributed by atoms with Crippen LogP contribution in [0.15, 0.2) is 24.3 Å². The summed E-state index contributed by atoms with van der Waals surface area (Å²) in [4.78, 5) is 21.7. The van der Waals surface area contributed by atoms with Crippen LogP contribution in [0.3, 0.4) is 0 Å². The first kappa shape index (κ1) is 18.2. The third kappa shape index (κ3) is 2.87. The van der Waals surface area contributed by atoms with E-state index < -0.39 is 0 Å². The number of hydrogen-bond donors (Lipinski definition) is 1. The van der Waals surface area contributed by atoms with Gasteiger partial charge in [-0.2, -0.15) is 0 Å². The second-order valence-corrected chi connectivity index (χ2v) is 8.74. The van der Waals surface area contributed by atoms with Gasteiger partial charge in [-0.1, -0.05) is 25.1 Å². The maximum absolute atomic E-state index is 13.2. The molecule has 0 unspecified atom stereocenters. The lowest BCUT2D eigenvalue weighted by atomic mass is 9.66. The number of benzene rings is 1. The summed E-state index contributed by atoms with van der Waals surface area (Å²) in [5.74, 6) is 0.315. The molecule has 5 rings (SSSR count). The van der Waals surface area contributed by atoms with Crippen molar-refractivity contribution in [2.75, 3.05) is 39.4 Å². The molecule has 1 aromatic heterocycles. The van der Waals surface area contributed by atoms with Gasteiger partial charge in [0.1, 0.15) is 0 Å². The quantitative estimate of drug-likeness (QED) is 0.885. The van der Waals surface area contributed by atoms with Crippen molar-refractivity contribution < 1.29 is 9.53 Å². The number of H-pyrrole nitrogens is 1. The maximum atomic E-state index is 13.2. The van der Waals surface area contributed by atoms with Crippen molar-refractivity contribution in [3.05, 3.63) is 35.5 Å². The van der Waals surface area contributed by atoms with Gasteiger partial charge in [0.2, 0.25) is 5.91 Å². The smallest absolute Gasteiger partial charge is 0.223 e. The van der Waals surface area contributed by atoms with E-state index in [0.29, 0.717) is 31.6 Å². The molecule has 1 amide bonds. The van der Waals surface area contributed by atoms with Crippen LogP contribution in [0.4, 0.5) is 0 Å². The Morgan fingerprint density at radius 2 is 2.04 bits per heavy atom. The fourth-order valence-electron chi connectivity index (χ4n) is 5.90. The summed E-state index contributed by atoms with van der Waals surface area (Å²) >= 11 is 0. The molecule has 5 nitrogen and oxygen atoms in total. The number of nitrogens with zero attached hydrogens (tertiary/aromatic N) is 2. The molecule has 2 saturated heterocycles. The Hall–Kier alpha value is -1.85. The van der Waals surface area contributed by atoms with Gasteiger partial charge < -0.3 is 14.6 Å². The number of morpholine rings is 1. The first-order valence-electron chi connectivity index (χ1n) is 10.9. The van der Waals surface area contributed by atoms with Crippen molar-refractivity contribution in [3.8, 4) is 0 Å². The lowest BCUT2D eigenvalue weighted by Crippen LogP contribution is -2.51. The molecule has 1 N–H and O–H groups in total. The summed E-state index contributed by atoms with van der Waals surface area (Å²) in [5, 5.41) is 1.37. The highest BCUT2D eigenvalue weighted by Crippen LogP contribution is 2.53. The number of carbonyl (C=O) groups excluding carboxylic acids is 1. The fraction of sp³-hybridized carbons (Fsp3) is 0.609. The van der Waals surface area contributed by atoms with Crippen molar-refractivity contribution >= 4 is 16.8 Å². The summed E-state index contributed by atoms with van der Waals surface area (Å²) in [6.45, 7) is 7.36. The molecular weight excluding hydrogens is 350 g/mol. The highest BCUT2D eigenvalue weighted by Gasteiger charge is 2.49. The Kier molecular flexibility index (Phi) is 4.68. The van der Waals surface area contributed by atoms with E-state index in [-0.39, 0.29) is 5.41 Å². The van der Waals surface area contributed by atoms with Gasteiger partial charge in [0.05, 0.1) is 19.3 Å². The lowest BCUT2D eigenvalue weighted by Gasteiger charge is -2.52. The van der Waals surface area contributed by atoms with Crippen LogP contribution < -0.4 is 0 Å². The van der Waals surface area contributed by atoms with Crippen molar-refractivity contribution in [2.24, 2.45) is 5.41 Å². The van der Waals surface area contributed by atoms with E-state index in [9.17, 15) is 4.79 Å². The third-order valence-corrected chi connectivity index (χ3v) is 7.41. The number of amides is 1. The van der Waals surface area contributed by atoms with E-state index in [4.69, 9.17) is 4.74 Å². The van der Waals surface area contributed by atoms with Crippen molar-refractivity contribution in [1.82, 2.24) is 14.8 Å². The van der Waals surface area contributed by atoms with Crippen LogP contribution in [0.1, 0.15) is 49.9 Å². The molecule has 1 aromatic carbocycles. The molecule has 4 heterocycles. The molecule has 0 radical (unpaired) electrons. The second kappa shape index (κ2) is 7.20. The van der Waals surface area contributed by atoms with E-state index in [1.54, 1.807) is 0 Å². The molecule has 0 bridgehead atoms. The highest BCUT2D eigenvalue weighted by molar-refractivity contribution is 5.85. The number of para-hydroxylation sites is 1. The number of nitrogens with one attached hydrogen (secondary N) is 1. The molecule has 0 spiro atoms. The summed E-state index contributed by atoms with van der Waals surface area (Å²) in [7, 11) is 0. The predicted octanol–water partition coefficient (Wildman–Crippen LogP) is 3.51. The summed E-state index contributed by atoms with van der Waals surface area (Å²) in [5.41, 5.74) is 4.12. The van der Waals surface area contributed by atoms with E-state index in [0.717, 1.165) is 45.4 Å². The van der Waals surface area contributed by atoms with Crippen LogP contribution in [0.2, 0.25) is 0 Å². The Labute approximate surface area is 167 Å². The molecule has 150 valence electrons. The zero-order chi connectivity index (χ0) is 19.1. The van der Waals surface area contributed by atoms with E-state index in [1.807, 2.05) is 4.90 Å². The largest absolute Gasteiger partial charge is 0.378 e. The Bertz CT molecular complexity index is 870. The van der Waals surface area contributed by atoms with Gasteiger partial charge in [0, 0.05) is 48.1 Å². The minimum atomic E-state index is 0.0175. The number of rotatable bonds is 3. The van der Waals surface area contributed by atoms with Gasteiger partial charge in [0.25, 0.3) is 0 Å². The lowest BCUT2D eigenvalue weighted by molar-refractivity contribution is -0.141. The zero-order valence-electron chi connectivity index (χ0n) is 16.9. The number of hydrogen-bond acceptors (Lipinski definition) is 3. The van der Waals surface area contributed by atoms with Crippen LogP contribution in [-0.4, -0.2) is 60.1 Å². The van der Waals surface area contributed by atoms with Gasteiger partial charge in [0.15, 0.2) is 0 Å². The molecule has 3 aliphatic rings. The van der Waals surface area contributed by atoms with Crippen LogP contribution in [0.5, 0.6) is 0 Å². The molecule has 3 aliphatic heterocycles. The van der Waals surface area contributed by atoms with Crippen LogP contribution >= 0.6 is 0 Å². The first-order valence-corrected chi connectivity index (χ1v) is 10.9. The molecule has 0 aliphatic carbocycles. The number of piperidine rings is 1. The summed E-state index contributed by atoms with van der Waals surface area (Å²) in [6, 6.07) is 9.01. The normalized spacial score (nSPS) is 28.2. The van der Waals surface area contributed by atoms with Crippen LogP contribution in [-0.2, 0) is 16.0 Å². The minimum Gasteiger partial charge on any atom is -0.378 e. The minimum absolute atomic E-state index is 0.0175. The summed E-state index contributed by atoms with van der Waals surface area (Å²) < 4.78 is 5.45. The number of aromatic amines is 1. The first-order chi connectivity index (χ1) is 13.7. The molecular formula is C23H31N3O2. The monoisotopic (exact) mass is 381 g/mol. The van der Waals surface area contributed by atoms with Gasteiger partial charge in [-0.05, 0) is 43.9 Å². The number of carbonyl (C=O) groups is 1. The fourth-order valence-corrected chi connectivity index (χ4v) is 5.90. The SMILES string of the molecule is CC[C@@]1(CC(=O)N2CCOCC2)CCCN2CCc3c([nH]c4ccccc34)[C@@H]21. The Morgan fingerprint density at radius 3 is 2.86 bits per heavy atom. The predicted molar refractivity (Wildman–Crippen MR) is 110 cm³/mol. The van der Waals surface area contributed by atoms with E-state index in [2.05, 4.69) is 41.1 Å². The van der Waals surface area contributed by atoms with E-state index in [1.165, 1.54) is 28.6 Å². The van der Waals surface area contributed by atoms with Crippen LogP contribution in [0.25, 0.3) is 10.9 Å². The van der Waals surface area contributed by atoms with Crippen molar-refractivity contribution in [1.29, 1.82) is 0 Å². The average Bonchev–Trinajstić information content (AvgIpc) is 3.13. The van der Waals surface area contributed by atoms with Gasteiger partial charge >= 0.3 is 0 Å². The molecule has 28 heavy (non-hydrogen) atoms. The third-order valence-electron chi connectivity index (χ3n) is 7.41.